The summed E-state index contributed by atoms with van der Waals surface area (Å²) in [6, 6.07) is 0. The van der Waals surface area contributed by atoms with Gasteiger partial charge in [-0.3, -0.25) is 0 Å². The maximum Gasteiger partial charge on any atom is 0.485 e. The quantitative estimate of drug-likeness (QED) is 0.564. The zero-order valence-electron chi connectivity index (χ0n) is 7.22. The molecule has 0 amide bonds. The van der Waals surface area contributed by atoms with E-state index < -0.39 is 29.3 Å². The largest absolute Gasteiger partial charge is 0.485 e. The molecule has 0 aliphatic carbocycles. The summed E-state index contributed by atoms with van der Waals surface area (Å²) in [7, 11) is 0. The molecule has 0 aromatic heterocycles. The predicted octanol–water partition coefficient (Wildman–Crippen LogP) is 2.34. The number of rotatable bonds is 0. The Morgan fingerprint density at radius 3 is 1.87 bits per heavy atom. The predicted molar refractivity (Wildman–Crippen MR) is 38.4 cm³/mol. The smallest absolute Gasteiger partial charge is 0.166 e. The van der Waals surface area contributed by atoms with Crippen molar-refractivity contribution in [1.82, 2.24) is 4.99 Å². The van der Waals surface area contributed by atoms with Crippen LogP contribution in [0.2, 0.25) is 0 Å². The summed E-state index contributed by atoms with van der Waals surface area (Å²) in [6.07, 6.45) is -7.04. The minimum atomic E-state index is -4.94. The molecule has 0 N–H and O–H groups in total. The lowest BCUT2D eigenvalue weighted by Gasteiger charge is -2.07. The van der Waals surface area contributed by atoms with Crippen LogP contribution < -0.4 is 4.99 Å². The standard InChI is InChI=1S/C8H3F6N/c1-4-2-5(7(9,10)11)3-6(15-4)8(12,13)14/h1H3/q+1. The van der Waals surface area contributed by atoms with Gasteiger partial charge in [-0.1, -0.05) is 0 Å². The van der Waals surface area contributed by atoms with E-state index in [0.717, 1.165) is 13.0 Å². The second-order valence-corrected chi connectivity index (χ2v) is 2.67. The van der Waals surface area contributed by atoms with Crippen LogP contribution in [0.15, 0.2) is 11.3 Å². The van der Waals surface area contributed by atoms with E-state index in [1.165, 1.54) is 0 Å². The van der Waals surface area contributed by atoms with Crippen molar-refractivity contribution in [3.63, 3.8) is 0 Å². The van der Waals surface area contributed by atoms with E-state index in [2.05, 4.69) is 4.99 Å². The van der Waals surface area contributed by atoms with Gasteiger partial charge in [0.2, 0.25) is 0 Å². The van der Waals surface area contributed by atoms with Gasteiger partial charge in [0.05, 0.1) is 22.7 Å². The van der Waals surface area contributed by atoms with E-state index in [1.807, 2.05) is 0 Å². The van der Waals surface area contributed by atoms with E-state index in [4.69, 9.17) is 0 Å². The highest BCUT2D eigenvalue weighted by molar-refractivity contribution is 5.90. The molecule has 0 aromatic rings. The Bertz CT molecular complexity index is 340. The molecular formula is C8H3F6N+. The minimum Gasteiger partial charge on any atom is -0.166 e. The van der Waals surface area contributed by atoms with Gasteiger partial charge < -0.3 is 0 Å². The summed E-state index contributed by atoms with van der Waals surface area (Å²) >= 11 is 0. The molecule has 1 heterocycles. The lowest BCUT2D eigenvalue weighted by molar-refractivity contribution is -0.0993. The number of halogens is 6. The van der Waals surface area contributed by atoms with Gasteiger partial charge in [-0.2, -0.15) is 26.3 Å². The maximum atomic E-state index is 12.1. The Kier molecular flexibility index (Phi) is 2.67. The molecule has 0 spiro atoms. The van der Waals surface area contributed by atoms with Crippen LogP contribution in [0.5, 0.6) is 0 Å². The summed E-state index contributed by atoms with van der Waals surface area (Å²) < 4.78 is 72.4. The van der Waals surface area contributed by atoms with Crippen LogP contribution in [0, 0.1) is 12.2 Å². The van der Waals surface area contributed by atoms with Crippen LogP contribution in [0.3, 0.4) is 0 Å². The van der Waals surface area contributed by atoms with Crippen LogP contribution in [0.25, 0.3) is 0 Å². The normalized spacial score (nSPS) is 18.2. The molecule has 1 aliphatic heterocycles. The van der Waals surface area contributed by atoms with Gasteiger partial charge in [-0.25, -0.2) is 0 Å². The van der Waals surface area contributed by atoms with Crippen molar-refractivity contribution in [3.05, 3.63) is 23.4 Å². The Morgan fingerprint density at radius 1 is 0.933 bits per heavy atom. The summed E-state index contributed by atoms with van der Waals surface area (Å²) in [5.41, 5.74) is -3.76. The molecule has 3 radical (unpaired) electrons. The molecule has 1 aliphatic rings. The fourth-order valence-corrected chi connectivity index (χ4v) is 0.830. The Balaban J connectivity index is 3.17. The van der Waals surface area contributed by atoms with Crippen LogP contribution in [0.1, 0.15) is 6.92 Å². The molecule has 1 rings (SSSR count). The van der Waals surface area contributed by atoms with Gasteiger partial charge in [-0.15, -0.1) is 0 Å². The highest BCUT2D eigenvalue weighted by atomic mass is 19.4. The molecule has 0 atom stereocenters. The summed E-state index contributed by atoms with van der Waals surface area (Å²) in [4.78, 5) is 2.88. The van der Waals surface area contributed by atoms with E-state index in [-0.39, 0.29) is 0 Å². The monoisotopic (exact) mass is 227 g/mol. The molecule has 0 fully saturated rings. The highest BCUT2D eigenvalue weighted by Gasteiger charge is 2.48. The molecule has 0 saturated carbocycles. The fraction of sp³-hybridized carbons (Fsp3) is 0.375. The van der Waals surface area contributed by atoms with Crippen molar-refractivity contribution in [1.29, 1.82) is 0 Å². The first kappa shape index (κ1) is 11.8. The van der Waals surface area contributed by atoms with E-state index in [0.29, 0.717) is 0 Å². The van der Waals surface area contributed by atoms with Crippen LogP contribution >= 0.6 is 0 Å². The van der Waals surface area contributed by atoms with E-state index in [1.54, 1.807) is 6.08 Å². The Hall–Kier alpha value is -1.27. The summed E-state index contributed by atoms with van der Waals surface area (Å²) in [6.45, 7) is 0.998. The number of hydrogen-bond acceptors (Lipinski definition) is 1. The number of hydrogen-bond donors (Lipinski definition) is 0. The Morgan fingerprint density at radius 2 is 1.47 bits per heavy atom. The van der Waals surface area contributed by atoms with Gasteiger partial charge in [0.15, 0.2) is 0 Å². The van der Waals surface area contributed by atoms with Crippen molar-refractivity contribution in [2.45, 2.75) is 19.3 Å². The number of aliphatic imine (C=N–C) groups is 1. The second kappa shape index (κ2) is 3.39. The molecule has 7 heteroatoms. The lowest BCUT2D eigenvalue weighted by Crippen LogP contribution is -2.25. The lowest BCUT2D eigenvalue weighted by atomic mass is 10.1. The molecule has 0 aromatic carbocycles. The van der Waals surface area contributed by atoms with Crippen molar-refractivity contribution >= 4 is 5.71 Å². The minimum absolute atomic E-state index is 0.478. The molecule has 81 valence electrons. The molecular weight excluding hydrogens is 224 g/mol. The molecule has 0 bridgehead atoms. The van der Waals surface area contributed by atoms with Gasteiger partial charge in [0.1, 0.15) is 0 Å². The first-order valence-electron chi connectivity index (χ1n) is 3.58. The molecule has 1 nitrogen and oxygen atoms in total. The van der Waals surface area contributed by atoms with Gasteiger partial charge in [-0.05, 0) is 0 Å². The van der Waals surface area contributed by atoms with E-state index >= 15 is 0 Å². The maximum absolute atomic E-state index is 12.1. The number of allylic oxidation sites excluding steroid dienone is 4. The zero-order valence-corrected chi connectivity index (χ0v) is 7.22. The topological polar surface area (TPSA) is 14.1 Å². The van der Waals surface area contributed by atoms with Crippen LogP contribution in [-0.2, 0) is 0 Å². The van der Waals surface area contributed by atoms with Crippen molar-refractivity contribution in [2.24, 2.45) is 0 Å². The van der Waals surface area contributed by atoms with Crippen molar-refractivity contribution in [3.8, 4) is 0 Å². The third-order valence-corrected chi connectivity index (χ3v) is 1.38. The molecule has 0 saturated heterocycles. The SMILES string of the molecule is CC1=[N+]C(C(F)(F)F)=[C]C(C(F)(F)F)=[C]1. The van der Waals surface area contributed by atoms with Crippen LogP contribution in [-0.4, -0.2) is 18.1 Å². The Labute approximate surface area is 80.8 Å². The summed E-state index contributed by atoms with van der Waals surface area (Å²) in [5.74, 6) is 0. The second-order valence-electron chi connectivity index (χ2n) is 2.67. The summed E-state index contributed by atoms with van der Waals surface area (Å²) in [5, 5.41) is 0. The van der Waals surface area contributed by atoms with Crippen LogP contribution in [0.4, 0.5) is 26.3 Å². The van der Waals surface area contributed by atoms with Crippen molar-refractivity contribution in [2.75, 3.05) is 0 Å². The first-order chi connectivity index (χ1) is 6.60. The molecule has 0 unspecified atom stereocenters. The number of alkyl halides is 6. The number of nitrogens with zero attached hydrogens (tertiary/aromatic N) is 1. The van der Waals surface area contributed by atoms with E-state index in [9.17, 15) is 26.3 Å². The highest BCUT2D eigenvalue weighted by Crippen LogP contribution is 2.31. The average molecular weight is 227 g/mol. The third-order valence-electron chi connectivity index (χ3n) is 1.38. The van der Waals surface area contributed by atoms with Crippen molar-refractivity contribution < 1.29 is 26.3 Å². The van der Waals surface area contributed by atoms with Gasteiger partial charge >= 0.3 is 18.0 Å². The average Bonchev–Trinajstić information content (AvgIpc) is 1.99. The van der Waals surface area contributed by atoms with Gasteiger partial charge in [0, 0.05) is 6.92 Å². The first-order valence-corrected chi connectivity index (χ1v) is 3.58. The zero-order chi connectivity index (χ0) is 11.9. The van der Waals surface area contributed by atoms with Gasteiger partial charge in [0.25, 0.3) is 5.71 Å². The fourth-order valence-electron chi connectivity index (χ4n) is 0.830. The third kappa shape index (κ3) is 2.84. The molecule has 15 heavy (non-hydrogen) atoms.